The van der Waals surface area contributed by atoms with Crippen molar-refractivity contribution >= 4 is 11.9 Å². The molecule has 2 N–H and O–H groups in total. The molecule has 1 aromatic rings. The molecule has 1 aromatic heterocycles. The van der Waals surface area contributed by atoms with Crippen LogP contribution >= 0.6 is 0 Å². The topological polar surface area (TPSA) is 79.5 Å². The van der Waals surface area contributed by atoms with Gasteiger partial charge in [0.25, 0.3) is 5.91 Å². The van der Waals surface area contributed by atoms with Gasteiger partial charge in [0.05, 0.1) is 11.8 Å². The monoisotopic (exact) mass is 239 g/mol. The van der Waals surface area contributed by atoms with E-state index in [1.54, 1.807) is 13.8 Å². The van der Waals surface area contributed by atoms with Crippen LogP contribution in [0, 0.1) is 12.8 Å². The third kappa shape index (κ3) is 3.09. The van der Waals surface area contributed by atoms with Crippen LogP contribution < -0.4 is 5.32 Å². The number of rotatable bonds is 5. The van der Waals surface area contributed by atoms with Gasteiger partial charge in [0.2, 0.25) is 0 Å². The van der Waals surface area contributed by atoms with E-state index < -0.39 is 17.9 Å². The van der Waals surface area contributed by atoms with Crippen LogP contribution in [-0.4, -0.2) is 23.0 Å². The van der Waals surface area contributed by atoms with Crippen LogP contribution in [0.2, 0.25) is 0 Å². The first kappa shape index (κ1) is 13.3. The quantitative estimate of drug-likeness (QED) is 0.821. The number of carbonyl (C=O) groups excluding carboxylic acids is 1. The molecule has 94 valence electrons. The van der Waals surface area contributed by atoms with Crippen LogP contribution in [0.1, 0.15) is 36.4 Å². The molecule has 17 heavy (non-hydrogen) atoms. The summed E-state index contributed by atoms with van der Waals surface area (Å²) in [7, 11) is 0. The Bertz CT molecular complexity index is 410. The van der Waals surface area contributed by atoms with Gasteiger partial charge in [0.1, 0.15) is 11.8 Å². The van der Waals surface area contributed by atoms with Crippen molar-refractivity contribution in [1.29, 1.82) is 0 Å². The van der Waals surface area contributed by atoms with Crippen molar-refractivity contribution < 1.29 is 19.1 Å². The standard InChI is InChI=1S/C12H17NO4/c1-4-7(2)10(12(15)16)13-11(14)9-5-6-17-8(9)3/h5-7,10H,4H2,1-3H3,(H,13,14)(H,15,16)/t7?,10-/m0/s1. The van der Waals surface area contributed by atoms with Crippen molar-refractivity contribution in [2.45, 2.75) is 33.2 Å². The fourth-order valence-electron chi connectivity index (χ4n) is 1.52. The maximum Gasteiger partial charge on any atom is 0.326 e. The van der Waals surface area contributed by atoms with E-state index in [0.29, 0.717) is 17.7 Å². The van der Waals surface area contributed by atoms with Gasteiger partial charge in [-0.05, 0) is 18.9 Å². The van der Waals surface area contributed by atoms with Gasteiger partial charge in [-0.2, -0.15) is 0 Å². The average Bonchev–Trinajstić information content (AvgIpc) is 2.70. The molecule has 0 fully saturated rings. The summed E-state index contributed by atoms with van der Waals surface area (Å²) in [5.74, 6) is -1.07. The summed E-state index contributed by atoms with van der Waals surface area (Å²) in [6, 6.07) is 0.655. The van der Waals surface area contributed by atoms with E-state index in [1.807, 2.05) is 6.92 Å². The number of carboxylic acid groups (broad SMARTS) is 1. The molecule has 0 aliphatic carbocycles. The summed E-state index contributed by atoms with van der Waals surface area (Å²) in [5, 5.41) is 11.6. The van der Waals surface area contributed by atoms with Crippen LogP contribution in [0.5, 0.6) is 0 Å². The van der Waals surface area contributed by atoms with Crippen molar-refractivity contribution in [2.75, 3.05) is 0 Å². The Hall–Kier alpha value is -1.78. The highest BCUT2D eigenvalue weighted by molar-refractivity contribution is 5.97. The zero-order valence-corrected chi connectivity index (χ0v) is 10.2. The minimum absolute atomic E-state index is 0.122. The summed E-state index contributed by atoms with van der Waals surface area (Å²) in [6.07, 6.45) is 2.09. The molecular formula is C12H17NO4. The van der Waals surface area contributed by atoms with E-state index in [1.165, 1.54) is 12.3 Å². The number of amides is 1. The Balaban J connectivity index is 2.78. The number of aryl methyl sites for hydroxylation is 1. The smallest absolute Gasteiger partial charge is 0.326 e. The number of hydrogen-bond donors (Lipinski definition) is 2. The number of nitrogens with one attached hydrogen (secondary N) is 1. The Morgan fingerprint density at radius 3 is 2.59 bits per heavy atom. The first-order valence-electron chi connectivity index (χ1n) is 5.55. The number of aliphatic carboxylic acids is 1. The van der Waals surface area contributed by atoms with E-state index in [0.717, 1.165) is 0 Å². The number of carboxylic acids is 1. The molecule has 1 rings (SSSR count). The number of carbonyl (C=O) groups is 2. The molecule has 5 heteroatoms. The van der Waals surface area contributed by atoms with Gasteiger partial charge in [-0.1, -0.05) is 20.3 Å². The highest BCUT2D eigenvalue weighted by atomic mass is 16.4. The summed E-state index contributed by atoms with van der Waals surface area (Å²) in [6.45, 7) is 5.34. The Kier molecular flexibility index (Phi) is 4.31. The molecule has 0 bridgehead atoms. The van der Waals surface area contributed by atoms with Gasteiger partial charge in [0, 0.05) is 0 Å². The largest absolute Gasteiger partial charge is 0.480 e. The molecule has 2 atom stereocenters. The summed E-state index contributed by atoms with van der Waals surface area (Å²) in [5.41, 5.74) is 0.375. The molecule has 1 amide bonds. The maximum atomic E-state index is 11.8. The second-order valence-electron chi connectivity index (χ2n) is 4.07. The minimum atomic E-state index is -1.02. The van der Waals surface area contributed by atoms with Crippen molar-refractivity contribution in [3.8, 4) is 0 Å². The molecule has 1 unspecified atom stereocenters. The molecule has 0 spiro atoms. The predicted molar refractivity (Wildman–Crippen MR) is 61.8 cm³/mol. The molecular weight excluding hydrogens is 222 g/mol. The Morgan fingerprint density at radius 1 is 1.53 bits per heavy atom. The lowest BCUT2D eigenvalue weighted by molar-refractivity contribution is -0.140. The second kappa shape index (κ2) is 5.52. The Labute approximate surface area is 99.8 Å². The third-order valence-corrected chi connectivity index (χ3v) is 2.87. The van der Waals surface area contributed by atoms with Gasteiger partial charge in [-0.15, -0.1) is 0 Å². The zero-order valence-electron chi connectivity index (χ0n) is 10.2. The fourth-order valence-corrected chi connectivity index (χ4v) is 1.52. The minimum Gasteiger partial charge on any atom is -0.480 e. The molecule has 5 nitrogen and oxygen atoms in total. The summed E-state index contributed by atoms with van der Waals surface area (Å²) >= 11 is 0. The van der Waals surface area contributed by atoms with Gasteiger partial charge < -0.3 is 14.8 Å². The zero-order chi connectivity index (χ0) is 13.0. The molecule has 0 radical (unpaired) electrons. The second-order valence-corrected chi connectivity index (χ2v) is 4.07. The number of hydrogen-bond acceptors (Lipinski definition) is 3. The molecule has 1 heterocycles. The molecule has 0 aromatic carbocycles. The Morgan fingerprint density at radius 2 is 2.18 bits per heavy atom. The van der Waals surface area contributed by atoms with Gasteiger partial charge in [0.15, 0.2) is 0 Å². The lowest BCUT2D eigenvalue weighted by Crippen LogP contribution is -2.45. The SMILES string of the molecule is CCC(C)[C@H](NC(=O)c1ccoc1C)C(=O)O. The normalized spacial score (nSPS) is 14.1. The van der Waals surface area contributed by atoms with Crippen LogP contribution in [0.4, 0.5) is 0 Å². The van der Waals surface area contributed by atoms with E-state index in [-0.39, 0.29) is 5.92 Å². The number of furan rings is 1. The average molecular weight is 239 g/mol. The highest BCUT2D eigenvalue weighted by Crippen LogP contribution is 2.12. The van der Waals surface area contributed by atoms with Crippen molar-refractivity contribution in [2.24, 2.45) is 5.92 Å². The van der Waals surface area contributed by atoms with Gasteiger partial charge in [-0.3, -0.25) is 4.79 Å². The first-order valence-corrected chi connectivity index (χ1v) is 5.55. The third-order valence-electron chi connectivity index (χ3n) is 2.87. The first-order chi connectivity index (χ1) is 7.97. The summed E-state index contributed by atoms with van der Waals surface area (Å²) in [4.78, 5) is 22.9. The van der Waals surface area contributed by atoms with Gasteiger partial charge >= 0.3 is 5.97 Å². The van der Waals surface area contributed by atoms with Gasteiger partial charge in [-0.25, -0.2) is 4.79 Å². The molecule has 0 saturated carbocycles. The van der Waals surface area contributed by atoms with E-state index in [4.69, 9.17) is 9.52 Å². The molecule has 0 aliphatic heterocycles. The van der Waals surface area contributed by atoms with Crippen LogP contribution in [0.25, 0.3) is 0 Å². The van der Waals surface area contributed by atoms with Crippen LogP contribution in [0.3, 0.4) is 0 Å². The maximum absolute atomic E-state index is 11.8. The van der Waals surface area contributed by atoms with E-state index >= 15 is 0 Å². The van der Waals surface area contributed by atoms with Crippen LogP contribution in [-0.2, 0) is 4.79 Å². The van der Waals surface area contributed by atoms with Crippen LogP contribution in [0.15, 0.2) is 16.7 Å². The van der Waals surface area contributed by atoms with Crippen molar-refractivity contribution in [3.63, 3.8) is 0 Å². The molecule has 0 saturated heterocycles. The highest BCUT2D eigenvalue weighted by Gasteiger charge is 2.26. The lowest BCUT2D eigenvalue weighted by Gasteiger charge is -2.19. The van der Waals surface area contributed by atoms with Crippen molar-refractivity contribution in [1.82, 2.24) is 5.32 Å². The fraction of sp³-hybridized carbons (Fsp3) is 0.500. The molecule has 0 aliphatic rings. The predicted octanol–water partition coefficient (Wildman–Crippen LogP) is 1.82. The summed E-state index contributed by atoms with van der Waals surface area (Å²) < 4.78 is 5.01. The van der Waals surface area contributed by atoms with E-state index in [9.17, 15) is 9.59 Å². The lowest BCUT2D eigenvalue weighted by atomic mass is 9.99. The van der Waals surface area contributed by atoms with E-state index in [2.05, 4.69) is 5.32 Å². The van der Waals surface area contributed by atoms with Crippen molar-refractivity contribution in [3.05, 3.63) is 23.7 Å².